The quantitative estimate of drug-likeness (QED) is 0.413. The van der Waals surface area contributed by atoms with E-state index in [1.165, 1.54) is 27.8 Å². The van der Waals surface area contributed by atoms with Crippen LogP contribution >= 0.6 is 0 Å². The van der Waals surface area contributed by atoms with Gasteiger partial charge in [-0.25, -0.2) is 0 Å². The van der Waals surface area contributed by atoms with Crippen molar-refractivity contribution in [3.8, 4) is 17.2 Å². The van der Waals surface area contributed by atoms with E-state index in [0.29, 0.717) is 12.5 Å². The molecule has 3 aromatic rings. The molecule has 1 atom stereocenters. The Labute approximate surface area is 203 Å². The summed E-state index contributed by atoms with van der Waals surface area (Å²) < 4.78 is 17.5. The van der Waals surface area contributed by atoms with Crippen LogP contribution < -0.4 is 19.5 Å². The third kappa shape index (κ3) is 5.28. The van der Waals surface area contributed by atoms with Crippen LogP contribution in [0.1, 0.15) is 59.2 Å². The van der Waals surface area contributed by atoms with E-state index in [1.807, 2.05) is 18.2 Å². The van der Waals surface area contributed by atoms with Crippen molar-refractivity contribution in [3.63, 3.8) is 0 Å². The molecular weight excluding hydrogens is 422 g/mol. The molecule has 1 unspecified atom stereocenters. The van der Waals surface area contributed by atoms with E-state index in [4.69, 9.17) is 14.2 Å². The highest BCUT2D eigenvalue weighted by atomic mass is 16.5. The number of rotatable bonds is 8. The standard InChI is InChI=1S/C30H35NO3/c1-20(2)25-16-23(21(3)15-28(25)32-4)11-12-27-26-18-29(33-5)30(17-24(26)13-14-31-27)34-19-22-9-7-6-8-10-22/h6-12,15-18,20,27,31H,13-14,19H2,1-5H3. The molecule has 0 aromatic heterocycles. The van der Waals surface area contributed by atoms with Crippen LogP contribution in [0.5, 0.6) is 17.2 Å². The lowest BCUT2D eigenvalue weighted by atomic mass is 9.92. The summed E-state index contributed by atoms with van der Waals surface area (Å²) in [5, 5.41) is 3.65. The van der Waals surface area contributed by atoms with Crippen molar-refractivity contribution in [2.45, 2.75) is 45.8 Å². The van der Waals surface area contributed by atoms with Gasteiger partial charge in [0.15, 0.2) is 11.5 Å². The van der Waals surface area contributed by atoms with Crippen LogP contribution in [0.2, 0.25) is 0 Å². The molecule has 4 heteroatoms. The zero-order chi connectivity index (χ0) is 24.1. The van der Waals surface area contributed by atoms with Gasteiger partial charge >= 0.3 is 0 Å². The maximum absolute atomic E-state index is 6.14. The van der Waals surface area contributed by atoms with E-state index in [-0.39, 0.29) is 6.04 Å². The van der Waals surface area contributed by atoms with E-state index in [0.717, 1.165) is 35.8 Å². The van der Waals surface area contributed by atoms with Crippen molar-refractivity contribution < 1.29 is 14.2 Å². The molecule has 0 bridgehead atoms. The summed E-state index contributed by atoms with van der Waals surface area (Å²) in [5.74, 6) is 2.91. The number of methoxy groups -OCH3 is 2. The van der Waals surface area contributed by atoms with Crippen LogP contribution in [0, 0.1) is 6.92 Å². The summed E-state index contributed by atoms with van der Waals surface area (Å²) in [6.45, 7) is 7.97. The Balaban J connectivity index is 1.59. The molecule has 178 valence electrons. The Morgan fingerprint density at radius 2 is 1.74 bits per heavy atom. The maximum Gasteiger partial charge on any atom is 0.161 e. The molecule has 0 amide bonds. The summed E-state index contributed by atoms with van der Waals surface area (Å²) in [6.07, 6.45) is 5.44. The molecule has 1 N–H and O–H groups in total. The topological polar surface area (TPSA) is 39.7 Å². The largest absolute Gasteiger partial charge is 0.496 e. The lowest BCUT2D eigenvalue weighted by Gasteiger charge is -2.26. The van der Waals surface area contributed by atoms with Crippen LogP contribution in [0.4, 0.5) is 0 Å². The zero-order valence-corrected chi connectivity index (χ0v) is 20.9. The molecule has 1 aliphatic rings. The molecule has 4 rings (SSSR count). The minimum absolute atomic E-state index is 0.116. The van der Waals surface area contributed by atoms with E-state index >= 15 is 0 Å². The second kappa shape index (κ2) is 10.8. The first-order valence-corrected chi connectivity index (χ1v) is 12.0. The Morgan fingerprint density at radius 1 is 0.971 bits per heavy atom. The average molecular weight is 458 g/mol. The molecular formula is C30H35NO3. The van der Waals surface area contributed by atoms with Crippen LogP contribution in [0.15, 0.2) is 60.7 Å². The van der Waals surface area contributed by atoms with Gasteiger partial charge in [-0.3, -0.25) is 0 Å². The summed E-state index contributed by atoms with van der Waals surface area (Å²) in [4.78, 5) is 0. The van der Waals surface area contributed by atoms with Gasteiger partial charge in [0.25, 0.3) is 0 Å². The minimum atomic E-state index is 0.116. The molecule has 1 heterocycles. The molecule has 0 saturated heterocycles. The third-order valence-corrected chi connectivity index (χ3v) is 6.46. The Kier molecular flexibility index (Phi) is 7.59. The molecule has 0 aliphatic carbocycles. The molecule has 0 fully saturated rings. The van der Waals surface area contributed by atoms with Gasteiger partial charge in [-0.2, -0.15) is 0 Å². The van der Waals surface area contributed by atoms with Gasteiger partial charge in [-0.15, -0.1) is 0 Å². The van der Waals surface area contributed by atoms with Crippen molar-refractivity contribution >= 4 is 6.08 Å². The number of fused-ring (bicyclic) bond motifs is 1. The highest BCUT2D eigenvalue weighted by Crippen LogP contribution is 2.37. The van der Waals surface area contributed by atoms with E-state index in [9.17, 15) is 0 Å². The van der Waals surface area contributed by atoms with Gasteiger partial charge in [0.2, 0.25) is 0 Å². The van der Waals surface area contributed by atoms with Gasteiger partial charge < -0.3 is 19.5 Å². The highest BCUT2D eigenvalue weighted by molar-refractivity contribution is 5.60. The predicted molar refractivity (Wildman–Crippen MR) is 139 cm³/mol. The van der Waals surface area contributed by atoms with Crippen LogP contribution in [-0.4, -0.2) is 20.8 Å². The first-order chi connectivity index (χ1) is 16.5. The number of benzene rings is 3. The molecule has 3 aromatic carbocycles. The zero-order valence-electron chi connectivity index (χ0n) is 20.9. The van der Waals surface area contributed by atoms with Gasteiger partial charge in [0.05, 0.1) is 20.3 Å². The molecule has 0 radical (unpaired) electrons. The Morgan fingerprint density at radius 3 is 2.44 bits per heavy atom. The SMILES string of the molecule is COc1cc2c(cc1OCc1ccccc1)CCNC2C=Cc1cc(C(C)C)c(OC)cc1C. The average Bonchev–Trinajstić information content (AvgIpc) is 2.86. The lowest BCUT2D eigenvalue weighted by molar-refractivity contribution is 0.283. The third-order valence-electron chi connectivity index (χ3n) is 6.46. The second-order valence-electron chi connectivity index (χ2n) is 9.12. The van der Waals surface area contributed by atoms with Crippen LogP contribution in [0.3, 0.4) is 0 Å². The number of nitrogens with one attached hydrogen (secondary N) is 1. The van der Waals surface area contributed by atoms with Gasteiger partial charge in [-0.1, -0.05) is 56.3 Å². The summed E-state index contributed by atoms with van der Waals surface area (Å²) >= 11 is 0. The summed E-state index contributed by atoms with van der Waals surface area (Å²) in [6, 6.07) is 19.0. The van der Waals surface area contributed by atoms with Crippen LogP contribution in [-0.2, 0) is 13.0 Å². The second-order valence-corrected chi connectivity index (χ2v) is 9.12. The smallest absolute Gasteiger partial charge is 0.161 e. The van der Waals surface area contributed by atoms with E-state index < -0.39 is 0 Å². The van der Waals surface area contributed by atoms with Gasteiger partial charge in [0, 0.05) is 6.54 Å². The fourth-order valence-corrected chi connectivity index (χ4v) is 4.50. The number of ether oxygens (including phenoxy) is 3. The fraction of sp³-hybridized carbons (Fsp3) is 0.333. The summed E-state index contributed by atoms with van der Waals surface area (Å²) in [5.41, 5.74) is 7.32. The van der Waals surface area contributed by atoms with Crippen molar-refractivity contribution in [3.05, 3.63) is 94.1 Å². The molecule has 34 heavy (non-hydrogen) atoms. The highest BCUT2D eigenvalue weighted by Gasteiger charge is 2.21. The normalized spacial score (nSPS) is 15.4. The molecule has 1 aliphatic heterocycles. The molecule has 4 nitrogen and oxygen atoms in total. The summed E-state index contributed by atoms with van der Waals surface area (Å²) in [7, 11) is 3.44. The minimum Gasteiger partial charge on any atom is -0.496 e. The first-order valence-electron chi connectivity index (χ1n) is 12.0. The first kappa shape index (κ1) is 23.9. The van der Waals surface area contributed by atoms with Crippen LogP contribution in [0.25, 0.3) is 6.08 Å². The number of aryl methyl sites for hydroxylation is 1. The number of hydrogen-bond donors (Lipinski definition) is 1. The molecule has 0 saturated carbocycles. The maximum atomic E-state index is 6.14. The van der Waals surface area contributed by atoms with E-state index in [1.54, 1.807) is 14.2 Å². The van der Waals surface area contributed by atoms with Gasteiger partial charge in [0.1, 0.15) is 12.4 Å². The predicted octanol–water partition coefficient (Wildman–Crippen LogP) is 6.61. The molecule has 0 spiro atoms. The van der Waals surface area contributed by atoms with Gasteiger partial charge in [-0.05, 0) is 76.9 Å². The fourth-order valence-electron chi connectivity index (χ4n) is 4.50. The number of hydrogen-bond acceptors (Lipinski definition) is 4. The monoisotopic (exact) mass is 457 g/mol. The van der Waals surface area contributed by atoms with Crippen molar-refractivity contribution in [1.29, 1.82) is 0 Å². The lowest BCUT2D eigenvalue weighted by Crippen LogP contribution is -2.28. The van der Waals surface area contributed by atoms with Crippen molar-refractivity contribution in [2.75, 3.05) is 20.8 Å². The Hall–Kier alpha value is -3.24. The van der Waals surface area contributed by atoms with Crippen molar-refractivity contribution in [1.82, 2.24) is 5.32 Å². The van der Waals surface area contributed by atoms with E-state index in [2.05, 4.69) is 74.6 Å². The Bertz CT molecular complexity index is 1150. The van der Waals surface area contributed by atoms with Crippen molar-refractivity contribution in [2.24, 2.45) is 0 Å².